The number of nitrogens with zero attached hydrogens (tertiary/aromatic N) is 1. The van der Waals surface area contributed by atoms with Gasteiger partial charge in [0.1, 0.15) is 0 Å². The first kappa shape index (κ1) is 15.1. The van der Waals surface area contributed by atoms with Crippen LogP contribution < -0.4 is 5.73 Å². The molecule has 2 aliphatic rings. The fourth-order valence-electron chi connectivity index (χ4n) is 4.37. The molecular weight excluding hydrogens is 256 g/mol. The summed E-state index contributed by atoms with van der Waals surface area (Å²) in [5.41, 5.74) is 9.96. The Kier molecular flexibility index (Phi) is 3.87. The van der Waals surface area contributed by atoms with Crippen molar-refractivity contribution < 1.29 is 0 Å². The van der Waals surface area contributed by atoms with E-state index in [4.69, 9.17) is 5.73 Å². The lowest BCUT2D eigenvalue weighted by molar-refractivity contribution is 0.0417. The molecule has 2 aliphatic carbocycles. The van der Waals surface area contributed by atoms with Crippen LogP contribution in [0.2, 0.25) is 0 Å². The zero-order valence-corrected chi connectivity index (χ0v) is 13.9. The average molecular weight is 286 g/mol. The topological polar surface area (TPSA) is 29.3 Å². The van der Waals surface area contributed by atoms with Crippen molar-refractivity contribution in [3.8, 4) is 0 Å². The van der Waals surface area contributed by atoms with E-state index in [2.05, 4.69) is 50.1 Å². The largest absolute Gasteiger partial charge is 0.329 e. The van der Waals surface area contributed by atoms with Gasteiger partial charge in [0, 0.05) is 18.1 Å². The van der Waals surface area contributed by atoms with Crippen molar-refractivity contribution in [1.82, 2.24) is 4.90 Å². The monoisotopic (exact) mass is 286 g/mol. The fourth-order valence-corrected chi connectivity index (χ4v) is 4.37. The third-order valence-electron chi connectivity index (χ3n) is 6.14. The predicted molar refractivity (Wildman–Crippen MR) is 89.4 cm³/mol. The second kappa shape index (κ2) is 5.40. The molecule has 1 saturated carbocycles. The van der Waals surface area contributed by atoms with Gasteiger partial charge in [-0.1, -0.05) is 38.1 Å². The molecule has 0 aromatic heterocycles. The molecule has 0 unspecified atom stereocenters. The van der Waals surface area contributed by atoms with Gasteiger partial charge < -0.3 is 5.73 Å². The van der Waals surface area contributed by atoms with Crippen molar-refractivity contribution in [1.29, 1.82) is 0 Å². The van der Waals surface area contributed by atoms with Crippen LogP contribution in [0.4, 0.5) is 0 Å². The van der Waals surface area contributed by atoms with Gasteiger partial charge in [0.25, 0.3) is 0 Å². The van der Waals surface area contributed by atoms with Crippen LogP contribution in [0, 0.1) is 5.41 Å². The molecule has 1 aromatic carbocycles. The van der Waals surface area contributed by atoms with Crippen LogP contribution in [0.3, 0.4) is 0 Å². The van der Waals surface area contributed by atoms with Crippen molar-refractivity contribution in [3.63, 3.8) is 0 Å². The molecule has 0 amide bonds. The number of hydrogen-bond donors (Lipinski definition) is 1. The maximum Gasteiger partial charge on any atom is 0.0412 e. The lowest BCUT2D eigenvalue weighted by Crippen LogP contribution is -2.57. The zero-order valence-electron chi connectivity index (χ0n) is 13.9. The Morgan fingerprint density at radius 2 is 1.62 bits per heavy atom. The SMILES string of the molecule is CN(C1CCC(C)(C)CC1)C1(CN)Cc2ccccc2C1. The van der Waals surface area contributed by atoms with Crippen molar-refractivity contribution >= 4 is 0 Å². The zero-order chi connectivity index (χ0) is 15.1. The molecule has 0 saturated heterocycles. The van der Waals surface area contributed by atoms with Crippen molar-refractivity contribution in [2.45, 2.75) is 64.0 Å². The summed E-state index contributed by atoms with van der Waals surface area (Å²) in [5.74, 6) is 0. The molecule has 2 N–H and O–H groups in total. The summed E-state index contributed by atoms with van der Waals surface area (Å²) >= 11 is 0. The Morgan fingerprint density at radius 1 is 1.10 bits per heavy atom. The highest BCUT2D eigenvalue weighted by atomic mass is 15.2. The minimum atomic E-state index is 0.149. The van der Waals surface area contributed by atoms with E-state index in [1.165, 1.54) is 36.8 Å². The van der Waals surface area contributed by atoms with E-state index < -0.39 is 0 Å². The number of nitrogens with two attached hydrogens (primary N) is 1. The second-order valence-electron chi connectivity index (χ2n) is 8.06. The Bertz CT molecular complexity index is 471. The highest BCUT2D eigenvalue weighted by Crippen LogP contribution is 2.41. The van der Waals surface area contributed by atoms with Gasteiger partial charge in [0.05, 0.1) is 0 Å². The minimum absolute atomic E-state index is 0.149. The highest BCUT2D eigenvalue weighted by molar-refractivity contribution is 5.36. The minimum Gasteiger partial charge on any atom is -0.329 e. The molecule has 0 aliphatic heterocycles. The van der Waals surface area contributed by atoms with Gasteiger partial charge in [-0.25, -0.2) is 0 Å². The van der Waals surface area contributed by atoms with Gasteiger partial charge in [0.2, 0.25) is 0 Å². The highest BCUT2D eigenvalue weighted by Gasteiger charge is 2.43. The molecular formula is C19H30N2. The normalized spacial score (nSPS) is 24.2. The van der Waals surface area contributed by atoms with Crippen LogP contribution in [0.5, 0.6) is 0 Å². The maximum absolute atomic E-state index is 6.27. The van der Waals surface area contributed by atoms with Gasteiger partial charge >= 0.3 is 0 Å². The molecule has 0 atom stereocenters. The Morgan fingerprint density at radius 3 is 2.10 bits per heavy atom. The second-order valence-corrected chi connectivity index (χ2v) is 8.06. The van der Waals surface area contributed by atoms with Crippen LogP contribution in [0.1, 0.15) is 50.7 Å². The first-order valence-corrected chi connectivity index (χ1v) is 8.46. The van der Waals surface area contributed by atoms with E-state index in [-0.39, 0.29) is 5.54 Å². The smallest absolute Gasteiger partial charge is 0.0412 e. The average Bonchev–Trinajstić information content (AvgIpc) is 2.86. The van der Waals surface area contributed by atoms with Crippen LogP contribution >= 0.6 is 0 Å². The van der Waals surface area contributed by atoms with E-state index in [9.17, 15) is 0 Å². The summed E-state index contributed by atoms with van der Waals surface area (Å²) < 4.78 is 0. The Labute approximate surface area is 129 Å². The van der Waals surface area contributed by atoms with Crippen LogP contribution in [0.15, 0.2) is 24.3 Å². The van der Waals surface area contributed by atoms with Gasteiger partial charge in [-0.15, -0.1) is 0 Å². The number of likely N-dealkylation sites (N-methyl/N-ethyl adjacent to an activating group) is 1. The molecule has 1 fully saturated rings. The molecule has 1 aromatic rings. The molecule has 0 radical (unpaired) electrons. The summed E-state index contributed by atoms with van der Waals surface area (Å²) in [6.07, 6.45) is 7.57. The van der Waals surface area contributed by atoms with E-state index in [0.29, 0.717) is 11.5 Å². The van der Waals surface area contributed by atoms with Gasteiger partial charge in [-0.3, -0.25) is 4.90 Å². The predicted octanol–water partition coefficient (Wildman–Crippen LogP) is 3.38. The number of hydrogen-bond acceptors (Lipinski definition) is 2. The molecule has 2 heteroatoms. The van der Waals surface area contributed by atoms with E-state index in [1.54, 1.807) is 0 Å². The molecule has 3 rings (SSSR count). The lowest BCUT2D eigenvalue weighted by atomic mass is 9.74. The van der Waals surface area contributed by atoms with Gasteiger partial charge in [-0.05, 0) is 62.1 Å². The maximum atomic E-state index is 6.27. The molecule has 116 valence electrons. The molecule has 0 spiro atoms. The molecule has 0 bridgehead atoms. The third kappa shape index (κ3) is 2.76. The van der Waals surface area contributed by atoms with Crippen molar-refractivity contribution in [3.05, 3.63) is 35.4 Å². The first-order valence-electron chi connectivity index (χ1n) is 8.46. The van der Waals surface area contributed by atoms with Crippen LogP contribution in [0.25, 0.3) is 0 Å². The lowest BCUT2D eigenvalue weighted by Gasteiger charge is -2.47. The Hall–Kier alpha value is -0.860. The van der Waals surface area contributed by atoms with Crippen LogP contribution in [-0.2, 0) is 12.8 Å². The van der Waals surface area contributed by atoms with E-state index in [0.717, 1.165) is 19.4 Å². The standard InChI is InChI=1S/C19H30N2/c1-18(2)10-8-17(9-11-18)21(3)19(14-20)12-15-6-4-5-7-16(15)13-19/h4-7,17H,8-14,20H2,1-3H3. The number of fused-ring (bicyclic) bond motifs is 1. The van der Waals surface area contributed by atoms with E-state index in [1.807, 2.05) is 0 Å². The molecule has 0 heterocycles. The third-order valence-corrected chi connectivity index (χ3v) is 6.14. The Balaban J connectivity index is 1.76. The van der Waals surface area contributed by atoms with Crippen molar-refractivity contribution in [2.75, 3.05) is 13.6 Å². The van der Waals surface area contributed by atoms with E-state index >= 15 is 0 Å². The van der Waals surface area contributed by atoms with Crippen molar-refractivity contribution in [2.24, 2.45) is 11.1 Å². The molecule has 2 nitrogen and oxygen atoms in total. The number of rotatable bonds is 3. The summed E-state index contributed by atoms with van der Waals surface area (Å²) in [6, 6.07) is 9.59. The number of benzene rings is 1. The van der Waals surface area contributed by atoms with Crippen LogP contribution in [-0.4, -0.2) is 30.1 Å². The fraction of sp³-hybridized carbons (Fsp3) is 0.684. The van der Waals surface area contributed by atoms with Gasteiger partial charge in [-0.2, -0.15) is 0 Å². The quantitative estimate of drug-likeness (QED) is 0.923. The molecule has 21 heavy (non-hydrogen) atoms. The van der Waals surface area contributed by atoms with Gasteiger partial charge in [0.15, 0.2) is 0 Å². The first-order chi connectivity index (χ1) is 9.96. The summed E-state index contributed by atoms with van der Waals surface area (Å²) in [7, 11) is 2.32. The summed E-state index contributed by atoms with van der Waals surface area (Å²) in [5, 5.41) is 0. The summed E-state index contributed by atoms with van der Waals surface area (Å²) in [4.78, 5) is 2.64. The summed E-state index contributed by atoms with van der Waals surface area (Å²) in [6.45, 7) is 5.58.